The molecule has 0 aliphatic rings. The predicted molar refractivity (Wildman–Crippen MR) is 70.3 cm³/mol. The summed E-state index contributed by atoms with van der Waals surface area (Å²) in [5.41, 5.74) is 2.23. The molecule has 1 aromatic carbocycles. The third-order valence-corrected chi connectivity index (χ3v) is 2.87. The first-order chi connectivity index (χ1) is 9.29. The fourth-order valence-corrected chi connectivity index (χ4v) is 1.97. The van der Waals surface area contributed by atoms with E-state index in [-0.39, 0.29) is 0 Å². The number of hydrogen-bond donors (Lipinski definition) is 0. The molecule has 0 fully saturated rings. The highest BCUT2D eigenvalue weighted by Gasteiger charge is 2.12. The summed E-state index contributed by atoms with van der Waals surface area (Å²) in [7, 11) is 0. The second-order valence-corrected chi connectivity index (χ2v) is 4.07. The fourth-order valence-electron chi connectivity index (χ4n) is 1.97. The summed E-state index contributed by atoms with van der Waals surface area (Å²) in [5.74, 6) is -0.402. The normalized spacial score (nSPS) is 10.6. The molecule has 0 unspecified atom stereocenters. The zero-order valence-corrected chi connectivity index (χ0v) is 9.88. The van der Waals surface area contributed by atoms with Gasteiger partial charge >= 0.3 is 0 Å². The molecular weight excluding hydrogens is 243 g/mol. The molecule has 0 aliphatic carbocycles. The fraction of sp³-hybridized carbons (Fsp3) is 0. The van der Waals surface area contributed by atoms with Crippen LogP contribution in [-0.2, 0) is 0 Å². The summed E-state index contributed by atoms with van der Waals surface area (Å²) in [6.07, 6.45) is 2.30. The van der Waals surface area contributed by atoms with Crippen molar-refractivity contribution in [3.05, 3.63) is 60.0 Å². The molecule has 92 valence electrons. The smallest absolute Gasteiger partial charge is 0.152 e. The molecular formula is C15H9FN2O. The third-order valence-electron chi connectivity index (χ3n) is 2.87. The minimum absolute atomic E-state index is 0.315. The van der Waals surface area contributed by atoms with Gasteiger partial charge in [-0.3, -0.25) is 9.78 Å². The lowest BCUT2D eigenvalue weighted by Gasteiger charge is -2.07. The van der Waals surface area contributed by atoms with Crippen LogP contribution in [0.1, 0.15) is 10.4 Å². The number of hydrogen-bond acceptors (Lipinski definition) is 3. The van der Waals surface area contributed by atoms with Crippen LogP contribution in [0.2, 0.25) is 0 Å². The van der Waals surface area contributed by atoms with Gasteiger partial charge in [0.05, 0.1) is 16.7 Å². The highest BCUT2D eigenvalue weighted by atomic mass is 19.1. The van der Waals surface area contributed by atoms with Gasteiger partial charge in [-0.05, 0) is 30.3 Å². The largest absolute Gasteiger partial charge is 0.298 e. The zero-order valence-electron chi connectivity index (χ0n) is 9.88. The van der Waals surface area contributed by atoms with Crippen LogP contribution in [-0.4, -0.2) is 16.3 Å². The number of benzene rings is 1. The maximum Gasteiger partial charge on any atom is 0.152 e. The van der Waals surface area contributed by atoms with Crippen molar-refractivity contribution >= 4 is 17.3 Å². The van der Waals surface area contributed by atoms with Crippen molar-refractivity contribution in [2.75, 3.05) is 0 Å². The van der Waals surface area contributed by atoms with E-state index in [1.807, 2.05) is 0 Å². The van der Waals surface area contributed by atoms with Crippen LogP contribution in [0.25, 0.3) is 22.3 Å². The molecule has 0 bridgehead atoms. The molecule has 0 saturated heterocycles. The minimum atomic E-state index is -0.402. The molecule has 3 aromatic rings. The van der Waals surface area contributed by atoms with E-state index in [2.05, 4.69) is 9.97 Å². The lowest BCUT2D eigenvalue weighted by atomic mass is 10.1. The quantitative estimate of drug-likeness (QED) is 0.657. The van der Waals surface area contributed by atoms with Gasteiger partial charge in [-0.25, -0.2) is 9.37 Å². The highest BCUT2D eigenvalue weighted by molar-refractivity contribution is 5.92. The summed E-state index contributed by atoms with van der Waals surface area (Å²) in [4.78, 5) is 19.6. The summed E-state index contributed by atoms with van der Waals surface area (Å²) in [6, 6.07) is 11.4. The van der Waals surface area contributed by atoms with Gasteiger partial charge < -0.3 is 0 Å². The van der Waals surface area contributed by atoms with E-state index in [1.54, 1.807) is 42.6 Å². The Morgan fingerprint density at radius 1 is 1.05 bits per heavy atom. The molecule has 0 atom stereocenters. The Kier molecular flexibility index (Phi) is 2.76. The lowest BCUT2D eigenvalue weighted by molar-refractivity contribution is 0.112. The molecule has 3 nitrogen and oxygen atoms in total. The summed E-state index contributed by atoms with van der Waals surface area (Å²) in [5, 5.41) is 0. The van der Waals surface area contributed by atoms with Gasteiger partial charge in [0.25, 0.3) is 0 Å². The number of halogens is 1. The maximum absolute atomic E-state index is 13.8. The van der Waals surface area contributed by atoms with E-state index in [0.717, 1.165) is 0 Å². The van der Waals surface area contributed by atoms with Crippen LogP contribution in [0.15, 0.2) is 48.7 Å². The van der Waals surface area contributed by atoms with Crippen molar-refractivity contribution in [3.8, 4) is 11.3 Å². The van der Waals surface area contributed by atoms with Gasteiger partial charge in [-0.15, -0.1) is 0 Å². The molecule has 0 amide bonds. The first kappa shape index (κ1) is 11.5. The molecule has 3 rings (SSSR count). The number of pyridine rings is 2. The van der Waals surface area contributed by atoms with Crippen molar-refractivity contribution in [2.45, 2.75) is 0 Å². The highest BCUT2D eigenvalue weighted by Crippen LogP contribution is 2.25. The second kappa shape index (κ2) is 4.57. The number of carbonyl (C=O) groups excluding carboxylic acids is 1. The number of fused-ring (bicyclic) bond motifs is 1. The van der Waals surface area contributed by atoms with E-state index in [1.165, 1.54) is 6.07 Å². The first-order valence-electron chi connectivity index (χ1n) is 5.75. The number of aromatic nitrogens is 2. The van der Waals surface area contributed by atoms with Gasteiger partial charge in [0.1, 0.15) is 5.82 Å². The van der Waals surface area contributed by atoms with Gasteiger partial charge in [-0.1, -0.05) is 12.1 Å². The van der Waals surface area contributed by atoms with Crippen molar-refractivity contribution in [3.63, 3.8) is 0 Å². The SMILES string of the molecule is O=Cc1cc2ncccc2nc1-c1ccccc1F. The van der Waals surface area contributed by atoms with Gasteiger partial charge in [-0.2, -0.15) is 0 Å². The molecule has 4 heteroatoms. The second-order valence-electron chi connectivity index (χ2n) is 4.07. The summed E-state index contributed by atoms with van der Waals surface area (Å²) >= 11 is 0. The van der Waals surface area contributed by atoms with E-state index in [4.69, 9.17) is 0 Å². The van der Waals surface area contributed by atoms with Crippen molar-refractivity contribution in [1.82, 2.24) is 9.97 Å². The van der Waals surface area contributed by atoms with Crippen molar-refractivity contribution in [1.29, 1.82) is 0 Å². The van der Waals surface area contributed by atoms with Crippen LogP contribution in [0.3, 0.4) is 0 Å². The number of rotatable bonds is 2. The lowest BCUT2D eigenvalue weighted by Crippen LogP contribution is -1.96. The standard InChI is InChI=1S/C15H9FN2O/c16-12-5-2-1-4-11(12)15-10(9-19)8-14-13(18-15)6-3-7-17-14/h1-9H. The van der Waals surface area contributed by atoms with Crippen LogP contribution in [0, 0.1) is 5.82 Å². The Hall–Kier alpha value is -2.62. The average molecular weight is 252 g/mol. The predicted octanol–water partition coefficient (Wildman–Crippen LogP) is 3.25. The van der Waals surface area contributed by atoms with E-state index >= 15 is 0 Å². The Morgan fingerprint density at radius 2 is 1.89 bits per heavy atom. The van der Waals surface area contributed by atoms with Crippen molar-refractivity contribution in [2.24, 2.45) is 0 Å². The maximum atomic E-state index is 13.8. The molecule has 0 radical (unpaired) electrons. The van der Waals surface area contributed by atoms with Crippen LogP contribution in [0.4, 0.5) is 4.39 Å². The Balaban J connectivity index is 2.34. The topological polar surface area (TPSA) is 42.9 Å². The van der Waals surface area contributed by atoms with Crippen LogP contribution in [0.5, 0.6) is 0 Å². The Bertz CT molecular complexity index is 771. The van der Waals surface area contributed by atoms with Crippen LogP contribution < -0.4 is 0 Å². The molecule has 2 aromatic heterocycles. The molecule has 0 saturated carbocycles. The number of nitrogens with zero attached hydrogens (tertiary/aromatic N) is 2. The summed E-state index contributed by atoms with van der Waals surface area (Å²) in [6.45, 7) is 0. The monoisotopic (exact) mass is 252 g/mol. The molecule has 0 aliphatic heterocycles. The van der Waals surface area contributed by atoms with Crippen molar-refractivity contribution < 1.29 is 9.18 Å². The van der Waals surface area contributed by atoms with E-state index < -0.39 is 5.82 Å². The van der Waals surface area contributed by atoms with Crippen LogP contribution >= 0.6 is 0 Å². The van der Waals surface area contributed by atoms with Gasteiger partial charge in [0.15, 0.2) is 6.29 Å². The minimum Gasteiger partial charge on any atom is -0.298 e. The zero-order chi connectivity index (χ0) is 13.2. The first-order valence-corrected chi connectivity index (χ1v) is 5.75. The molecule has 0 N–H and O–H groups in total. The number of aldehydes is 1. The Morgan fingerprint density at radius 3 is 2.68 bits per heavy atom. The number of carbonyl (C=O) groups is 1. The summed E-state index contributed by atoms with van der Waals surface area (Å²) < 4.78 is 13.8. The molecule has 0 spiro atoms. The van der Waals surface area contributed by atoms with E-state index in [9.17, 15) is 9.18 Å². The third kappa shape index (κ3) is 1.97. The molecule has 19 heavy (non-hydrogen) atoms. The Labute approximate surface area is 108 Å². The van der Waals surface area contributed by atoms with Gasteiger partial charge in [0, 0.05) is 17.3 Å². The van der Waals surface area contributed by atoms with E-state index in [0.29, 0.717) is 34.1 Å². The molecule has 2 heterocycles. The average Bonchev–Trinajstić information content (AvgIpc) is 2.46. The van der Waals surface area contributed by atoms with Gasteiger partial charge in [0.2, 0.25) is 0 Å².